The van der Waals surface area contributed by atoms with Crippen molar-refractivity contribution in [2.45, 2.75) is 20.0 Å². The number of aliphatic hydroxyl groups excluding tert-OH is 1. The lowest BCUT2D eigenvalue weighted by Gasteiger charge is -2.09. The minimum absolute atomic E-state index is 0.113. The van der Waals surface area contributed by atoms with Gasteiger partial charge in [-0.25, -0.2) is 4.79 Å². The molecule has 0 aliphatic rings. The summed E-state index contributed by atoms with van der Waals surface area (Å²) in [5.41, 5.74) is 1.23. The molecule has 2 aromatic rings. The van der Waals surface area contributed by atoms with Crippen molar-refractivity contribution >= 4 is 5.97 Å². The predicted octanol–water partition coefficient (Wildman–Crippen LogP) is 2.24. The van der Waals surface area contributed by atoms with Crippen LogP contribution in [0.5, 0.6) is 0 Å². The van der Waals surface area contributed by atoms with Crippen LogP contribution in [0.2, 0.25) is 0 Å². The molecule has 1 unspecified atom stereocenters. The van der Waals surface area contributed by atoms with Crippen LogP contribution >= 0.6 is 0 Å². The van der Waals surface area contributed by atoms with Gasteiger partial charge in [-0.1, -0.05) is 35.5 Å². The van der Waals surface area contributed by atoms with Crippen molar-refractivity contribution in [1.82, 2.24) is 5.16 Å². The van der Waals surface area contributed by atoms with Crippen LogP contribution in [0.3, 0.4) is 0 Å². The maximum absolute atomic E-state index is 11.8. The van der Waals surface area contributed by atoms with Gasteiger partial charge < -0.3 is 14.4 Å². The summed E-state index contributed by atoms with van der Waals surface area (Å²) in [5, 5.41) is 14.0. The zero-order valence-corrected chi connectivity index (χ0v) is 10.8. The molecule has 100 valence electrons. The minimum atomic E-state index is -1.04. The quantitative estimate of drug-likeness (QED) is 0.854. The first kappa shape index (κ1) is 13.3. The molecule has 0 fully saturated rings. The van der Waals surface area contributed by atoms with E-state index in [1.54, 1.807) is 38.1 Å². The fourth-order valence-electron chi connectivity index (χ4n) is 1.81. The molecule has 0 amide bonds. The molecular weight excluding hydrogens is 246 g/mol. The number of aliphatic hydroxyl groups is 1. The summed E-state index contributed by atoms with van der Waals surface area (Å²) in [6.07, 6.45) is -1.04. The number of ether oxygens (including phenoxy) is 1. The van der Waals surface area contributed by atoms with Gasteiger partial charge in [-0.3, -0.25) is 0 Å². The maximum atomic E-state index is 11.8. The molecule has 1 heterocycles. The lowest BCUT2D eigenvalue weighted by molar-refractivity contribution is 0.0516. The number of hydrogen-bond acceptors (Lipinski definition) is 5. The summed E-state index contributed by atoms with van der Waals surface area (Å²) < 4.78 is 10.0. The van der Waals surface area contributed by atoms with E-state index < -0.39 is 12.1 Å². The Labute approximate surface area is 110 Å². The highest BCUT2D eigenvalue weighted by molar-refractivity contribution is 5.91. The van der Waals surface area contributed by atoms with Gasteiger partial charge in [-0.05, 0) is 19.4 Å². The van der Waals surface area contributed by atoms with Crippen molar-refractivity contribution in [3.63, 3.8) is 0 Å². The first-order valence-electron chi connectivity index (χ1n) is 6.01. The number of esters is 1. The standard InChI is InChI=1S/C14H15NO4/c1-3-18-14(17)11-9(2)15-19-13(11)12(16)10-7-5-4-6-8-10/h4-8,12,16H,3H2,1-2H3. The Morgan fingerprint density at radius 1 is 1.42 bits per heavy atom. The molecule has 5 heteroatoms. The van der Waals surface area contributed by atoms with Crippen molar-refractivity contribution in [2.75, 3.05) is 6.61 Å². The first-order valence-corrected chi connectivity index (χ1v) is 6.01. The van der Waals surface area contributed by atoms with E-state index in [9.17, 15) is 9.90 Å². The second kappa shape index (κ2) is 5.67. The van der Waals surface area contributed by atoms with E-state index in [0.717, 1.165) is 0 Å². The van der Waals surface area contributed by atoms with Crippen LogP contribution in [-0.4, -0.2) is 22.8 Å². The molecule has 1 atom stereocenters. The van der Waals surface area contributed by atoms with Gasteiger partial charge in [0.1, 0.15) is 11.7 Å². The monoisotopic (exact) mass is 261 g/mol. The number of aryl methyl sites for hydroxylation is 1. The van der Waals surface area contributed by atoms with Gasteiger partial charge in [-0.2, -0.15) is 0 Å². The highest BCUT2D eigenvalue weighted by Crippen LogP contribution is 2.27. The number of rotatable bonds is 4. The Morgan fingerprint density at radius 3 is 2.74 bits per heavy atom. The van der Waals surface area contributed by atoms with Gasteiger partial charge in [0, 0.05) is 0 Å². The highest BCUT2D eigenvalue weighted by Gasteiger charge is 2.27. The molecule has 1 N–H and O–H groups in total. The number of hydrogen-bond donors (Lipinski definition) is 1. The van der Waals surface area contributed by atoms with Crippen LogP contribution in [0.1, 0.15) is 40.4 Å². The zero-order chi connectivity index (χ0) is 13.8. The van der Waals surface area contributed by atoms with Crippen LogP contribution in [0, 0.1) is 6.92 Å². The number of aromatic nitrogens is 1. The number of carbonyl (C=O) groups excluding carboxylic acids is 1. The van der Waals surface area contributed by atoms with Crippen LogP contribution in [-0.2, 0) is 4.74 Å². The van der Waals surface area contributed by atoms with Crippen molar-refractivity contribution in [1.29, 1.82) is 0 Å². The summed E-state index contributed by atoms with van der Waals surface area (Å²) in [6, 6.07) is 8.93. The topological polar surface area (TPSA) is 72.6 Å². The molecule has 0 spiro atoms. The van der Waals surface area contributed by atoms with Gasteiger partial charge in [0.25, 0.3) is 0 Å². The van der Waals surface area contributed by atoms with Gasteiger partial charge in [0.15, 0.2) is 5.76 Å². The van der Waals surface area contributed by atoms with Crippen molar-refractivity contribution in [2.24, 2.45) is 0 Å². The van der Waals surface area contributed by atoms with Crippen molar-refractivity contribution in [3.8, 4) is 0 Å². The van der Waals surface area contributed by atoms with Crippen molar-refractivity contribution < 1.29 is 19.2 Å². The maximum Gasteiger partial charge on any atom is 0.343 e. The van der Waals surface area contributed by atoms with Gasteiger partial charge in [-0.15, -0.1) is 0 Å². The number of nitrogens with zero attached hydrogens (tertiary/aromatic N) is 1. The highest BCUT2D eigenvalue weighted by atomic mass is 16.5. The summed E-state index contributed by atoms with van der Waals surface area (Å²) in [7, 11) is 0. The Hall–Kier alpha value is -2.14. The Morgan fingerprint density at radius 2 is 2.11 bits per heavy atom. The summed E-state index contributed by atoms with van der Waals surface area (Å²) in [4.78, 5) is 11.8. The predicted molar refractivity (Wildman–Crippen MR) is 67.7 cm³/mol. The van der Waals surface area contributed by atoms with E-state index in [1.165, 1.54) is 0 Å². The van der Waals surface area contributed by atoms with Crippen LogP contribution in [0.4, 0.5) is 0 Å². The Bertz CT molecular complexity index is 562. The normalized spacial score (nSPS) is 12.2. The molecule has 0 saturated heterocycles. The largest absolute Gasteiger partial charge is 0.462 e. The second-order valence-corrected chi connectivity index (χ2v) is 4.04. The van der Waals surface area contributed by atoms with E-state index in [0.29, 0.717) is 11.3 Å². The SMILES string of the molecule is CCOC(=O)c1c(C)noc1C(O)c1ccccc1. The number of benzene rings is 1. The van der Waals surface area contributed by atoms with Gasteiger partial charge >= 0.3 is 5.97 Å². The zero-order valence-electron chi connectivity index (χ0n) is 10.8. The third-order valence-corrected chi connectivity index (χ3v) is 2.73. The molecule has 1 aromatic carbocycles. The van der Waals surface area contributed by atoms with Crippen LogP contribution in [0.25, 0.3) is 0 Å². The van der Waals surface area contributed by atoms with Gasteiger partial charge in [0.2, 0.25) is 0 Å². The average molecular weight is 261 g/mol. The molecule has 0 aliphatic carbocycles. The Kier molecular flexibility index (Phi) is 3.97. The minimum Gasteiger partial charge on any atom is -0.462 e. The molecule has 0 saturated carbocycles. The molecule has 2 rings (SSSR count). The molecule has 19 heavy (non-hydrogen) atoms. The summed E-state index contributed by atoms with van der Waals surface area (Å²) in [5.74, 6) is -0.423. The van der Waals surface area contributed by atoms with E-state index in [2.05, 4.69) is 5.16 Å². The second-order valence-electron chi connectivity index (χ2n) is 4.04. The molecule has 5 nitrogen and oxygen atoms in total. The lowest BCUT2D eigenvalue weighted by atomic mass is 10.0. The fraction of sp³-hybridized carbons (Fsp3) is 0.286. The molecule has 0 bridgehead atoms. The van der Waals surface area contributed by atoms with Crippen molar-refractivity contribution in [3.05, 3.63) is 52.9 Å². The van der Waals surface area contributed by atoms with Gasteiger partial charge in [0.05, 0.1) is 12.3 Å². The summed E-state index contributed by atoms with van der Waals surface area (Å²) in [6.45, 7) is 3.61. The third kappa shape index (κ3) is 2.66. The van der Waals surface area contributed by atoms with Crippen LogP contribution in [0.15, 0.2) is 34.9 Å². The van der Waals surface area contributed by atoms with E-state index in [4.69, 9.17) is 9.26 Å². The third-order valence-electron chi connectivity index (χ3n) is 2.73. The Balaban J connectivity index is 2.38. The number of carbonyl (C=O) groups is 1. The van der Waals surface area contributed by atoms with Crippen LogP contribution < -0.4 is 0 Å². The van der Waals surface area contributed by atoms with E-state index in [1.807, 2.05) is 6.07 Å². The molecule has 1 aromatic heterocycles. The summed E-state index contributed by atoms with van der Waals surface area (Å²) >= 11 is 0. The molecule has 0 aliphatic heterocycles. The van der Waals surface area contributed by atoms with E-state index >= 15 is 0 Å². The first-order chi connectivity index (χ1) is 9.15. The fourth-order valence-corrected chi connectivity index (χ4v) is 1.81. The smallest absolute Gasteiger partial charge is 0.343 e. The molecular formula is C14H15NO4. The van der Waals surface area contributed by atoms with E-state index in [-0.39, 0.29) is 17.9 Å². The average Bonchev–Trinajstić information content (AvgIpc) is 2.81. The molecule has 0 radical (unpaired) electrons. The lowest BCUT2D eigenvalue weighted by Crippen LogP contribution is -2.10.